The van der Waals surface area contributed by atoms with E-state index in [9.17, 15) is 9.50 Å². The number of aliphatic hydroxyl groups excluding tert-OH is 1. The number of fused-ring (bicyclic) bond motifs is 1. The topological polar surface area (TPSA) is 25.2 Å². The largest absolute Gasteiger partial charge is 0.392 e. The van der Waals surface area contributed by atoms with Gasteiger partial charge in [-0.05, 0) is 25.1 Å². The molecule has 0 aliphatic heterocycles. The zero-order valence-electron chi connectivity index (χ0n) is 7.94. The molecule has 14 heavy (non-hydrogen) atoms. The zero-order chi connectivity index (χ0) is 10.1. The van der Waals surface area contributed by atoms with Crippen LogP contribution in [0.25, 0.3) is 10.9 Å². The second kappa shape index (κ2) is 3.42. The predicted molar refractivity (Wildman–Crippen MR) is 53.6 cm³/mol. The summed E-state index contributed by atoms with van der Waals surface area (Å²) in [5, 5.41) is 9.84. The smallest absolute Gasteiger partial charge is 0.132 e. The van der Waals surface area contributed by atoms with Gasteiger partial charge in [-0.25, -0.2) is 4.39 Å². The van der Waals surface area contributed by atoms with Gasteiger partial charge in [-0.1, -0.05) is 6.07 Å². The standard InChI is InChI=1S/C11H12FNO/c1-8(14)7-13-6-5-9-10(12)3-2-4-11(9)13/h2-6,8,14H,7H2,1H3. The Balaban J connectivity index is 2.52. The van der Waals surface area contributed by atoms with E-state index in [0.717, 1.165) is 5.52 Å². The van der Waals surface area contributed by atoms with Gasteiger partial charge in [0.1, 0.15) is 5.82 Å². The van der Waals surface area contributed by atoms with Crippen molar-refractivity contribution in [2.45, 2.75) is 19.6 Å². The van der Waals surface area contributed by atoms with Crippen LogP contribution in [0.1, 0.15) is 6.92 Å². The Morgan fingerprint density at radius 3 is 2.93 bits per heavy atom. The minimum atomic E-state index is -0.422. The van der Waals surface area contributed by atoms with E-state index in [2.05, 4.69) is 0 Å². The summed E-state index contributed by atoms with van der Waals surface area (Å²) in [5.41, 5.74) is 0.825. The van der Waals surface area contributed by atoms with Gasteiger partial charge in [-0.15, -0.1) is 0 Å². The summed E-state index contributed by atoms with van der Waals surface area (Å²) in [6, 6.07) is 6.69. The third-order valence-electron chi connectivity index (χ3n) is 2.22. The first-order chi connectivity index (χ1) is 6.68. The van der Waals surface area contributed by atoms with Crippen LogP contribution in [0.4, 0.5) is 4.39 Å². The number of hydrogen-bond acceptors (Lipinski definition) is 1. The fraction of sp³-hybridized carbons (Fsp3) is 0.273. The molecule has 0 radical (unpaired) electrons. The first-order valence-electron chi connectivity index (χ1n) is 4.60. The molecule has 1 atom stereocenters. The average molecular weight is 193 g/mol. The summed E-state index contributed by atoms with van der Waals surface area (Å²) in [6.45, 7) is 2.21. The molecule has 1 aromatic carbocycles. The van der Waals surface area contributed by atoms with Gasteiger partial charge in [-0.3, -0.25) is 0 Å². The molecular weight excluding hydrogens is 181 g/mol. The van der Waals surface area contributed by atoms with Crippen LogP contribution in [0.3, 0.4) is 0 Å². The quantitative estimate of drug-likeness (QED) is 0.776. The Bertz CT molecular complexity index is 447. The highest BCUT2D eigenvalue weighted by molar-refractivity contribution is 5.80. The number of benzene rings is 1. The van der Waals surface area contributed by atoms with Gasteiger partial charge in [0.25, 0.3) is 0 Å². The first-order valence-corrected chi connectivity index (χ1v) is 4.60. The zero-order valence-corrected chi connectivity index (χ0v) is 7.94. The minimum absolute atomic E-state index is 0.216. The maximum Gasteiger partial charge on any atom is 0.132 e. The second-order valence-corrected chi connectivity index (χ2v) is 3.49. The summed E-state index contributed by atoms with van der Waals surface area (Å²) < 4.78 is 15.1. The highest BCUT2D eigenvalue weighted by Crippen LogP contribution is 2.19. The van der Waals surface area contributed by atoms with Crippen LogP contribution in [0.15, 0.2) is 30.5 Å². The molecule has 2 nitrogen and oxygen atoms in total. The molecule has 1 heterocycles. The van der Waals surface area contributed by atoms with Crippen LogP contribution >= 0.6 is 0 Å². The van der Waals surface area contributed by atoms with Crippen LogP contribution in [0.2, 0.25) is 0 Å². The Morgan fingerprint density at radius 1 is 1.43 bits per heavy atom. The van der Waals surface area contributed by atoms with E-state index in [1.54, 1.807) is 25.3 Å². The lowest BCUT2D eigenvalue weighted by Gasteiger charge is -2.07. The van der Waals surface area contributed by atoms with E-state index < -0.39 is 6.10 Å². The van der Waals surface area contributed by atoms with E-state index in [4.69, 9.17) is 0 Å². The van der Waals surface area contributed by atoms with Crippen molar-refractivity contribution in [3.63, 3.8) is 0 Å². The van der Waals surface area contributed by atoms with Crippen molar-refractivity contribution in [1.82, 2.24) is 4.57 Å². The van der Waals surface area contributed by atoms with E-state index >= 15 is 0 Å². The SMILES string of the molecule is CC(O)Cn1ccc2c(F)cccc21. The summed E-state index contributed by atoms with van der Waals surface area (Å²) in [5.74, 6) is -0.216. The van der Waals surface area contributed by atoms with Crippen LogP contribution in [0.5, 0.6) is 0 Å². The Labute approximate surface area is 81.6 Å². The van der Waals surface area contributed by atoms with E-state index in [0.29, 0.717) is 11.9 Å². The lowest BCUT2D eigenvalue weighted by atomic mass is 10.2. The normalized spacial score (nSPS) is 13.4. The average Bonchev–Trinajstić information content (AvgIpc) is 2.49. The van der Waals surface area contributed by atoms with Crippen LogP contribution in [-0.4, -0.2) is 15.8 Å². The molecule has 0 spiro atoms. The fourth-order valence-corrected chi connectivity index (χ4v) is 1.63. The molecule has 74 valence electrons. The maximum absolute atomic E-state index is 13.3. The van der Waals surface area contributed by atoms with E-state index in [1.807, 2.05) is 10.6 Å². The van der Waals surface area contributed by atoms with Gasteiger partial charge < -0.3 is 9.67 Å². The molecule has 0 fully saturated rings. The Hall–Kier alpha value is -1.35. The highest BCUT2D eigenvalue weighted by Gasteiger charge is 2.06. The number of hydrogen-bond donors (Lipinski definition) is 1. The van der Waals surface area contributed by atoms with Gasteiger partial charge in [0.15, 0.2) is 0 Å². The van der Waals surface area contributed by atoms with Gasteiger partial charge in [0.05, 0.1) is 11.6 Å². The molecule has 1 aromatic heterocycles. The number of halogens is 1. The van der Waals surface area contributed by atoms with E-state index in [-0.39, 0.29) is 5.82 Å². The van der Waals surface area contributed by atoms with Gasteiger partial charge in [0.2, 0.25) is 0 Å². The van der Waals surface area contributed by atoms with Crippen molar-refractivity contribution in [2.75, 3.05) is 0 Å². The molecule has 0 aliphatic carbocycles. The van der Waals surface area contributed by atoms with Crippen molar-refractivity contribution in [2.24, 2.45) is 0 Å². The molecule has 0 aliphatic rings. The summed E-state index contributed by atoms with van der Waals surface area (Å²) >= 11 is 0. The molecular formula is C11H12FNO. The maximum atomic E-state index is 13.3. The second-order valence-electron chi connectivity index (χ2n) is 3.49. The summed E-state index contributed by atoms with van der Waals surface area (Å²) in [4.78, 5) is 0. The molecule has 1 N–H and O–H groups in total. The first kappa shape index (κ1) is 9.21. The van der Waals surface area contributed by atoms with Gasteiger partial charge in [-0.2, -0.15) is 0 Å². The molecule has 2 rings (SSSR count). The Kier molecular flexibility index (Phi) is 2.25. The van der Waals surface area contributed by atoms with Crippen LogP contribution in [-0.2, 0) is 6.54 Å². The third kappa shape index (κ3) is 1.51. The van der Waals surface area contributed by atoms with Crippen molar-refractivity contribution in [1.29, 1.82) is 0 Å². The third-order valence-corrected chi connectivity index (χ3v) is 2.22. The monoisotopic (exact) mass is 193 g/mol. The number of rotatable bonds is 2. The molecule has 1 unspecified atom stereocenters. The molecule has 2 aromatic rings. The molecule has 0 saturated carbocycles. The van der Waals surface area contributed by atoms with Crippen LogP contribution < -0.4 is 0 Å². The highest BCUT2D eigenvalue weighted by atomic mass is 19.1. The predicted octanol–water partition coefficient (Wildman–Crippen LogP) is 2.16. The summed E-state index contributed by atoms with van der Waals surface area (Å²) in [7, 11) is 0. The van der Waals surface area contributed by atoms with Crippen molar-refractivity contribution >= 4 is 10.9 Å². The number of aliphatic hydroxyl groups is 1. The number of nitrogens with zero attached hydrogens (tertiary/aromatic N) is 1. The lowest BCUT2D eigenvalue weighted by molar-refractivity contribution is 0.175. The fourth-order valence-electron chi connectivity index (χ4n) is 1.63. The van der Waals surface area contributed by atoms with Crippen LogP contribution in [0, 0.1) is 5.82 Å². The van der Waals surface area contributed by atoms with Crippen molar-refractivity contribution < 1.29 is 9.50 Å². The molecule has 3 heteroatoms. The van der Waals surface area contributed by atoms with Gasteiger partial charge >= 0.3 is 0 Å². The van der Waals surface area contributed by atoms with Gasteiger partial charge in [0, 0.05) is 18.1 Å². The lowest BCUT2D eigenvalue weighted by Crippen LogP contribution is -2.10. The Morgan fingerprint density at radius 2 is 2.21 bits per heavy atom. The van der Waals surface area contributed by atoms with Crippen molar-refractivity contribution in [3.05, 3.63) is 36.3 Å². The molecule has 0 amide bonds. The molecule has 0 saturated heterocycles. The summed E-state index contributed by atoms with van der Waals surface area (Å²) in [6.07, 6.45) is 1.37. The van der Waals surface area contributed by atoms with Crippen molar-refractivity contribution in [3.8, 4) is 0 Å². The number of aromatic nitrogens is 1. The molecule has 0 bridgehead atoms. The minimum Gasteiger partial charge on any atom is -0.392 e. The van der Waals surface area contributed by atoms with E-state index in [1.165, 1.54) is 6.07 Å².